The highest BCUT2D eigenvalue weighted by molar-refractivity contribution is 7.92. The zero-order valence-electron chi connectivity index (χ0n) is 16.4. The van der Waals surface area contributed by atoms with Crippen LogP contribution in [0, 0.1) is 5.92 Å². The smallest absolute Gasteiger partial charge is 0.253 e. The molecule has 0 aliphatic carbocycles. The first kappa shape index (κ1) is 22.7. The Morgan fingerprint density at radius 2 is 1.76 bits per heavy atom. The Balaban J connectivity index is 2.04. The van der Waals surface area contributed by atoms with Gasteiger partial charge in [0, 0.05) is 12.2 Å². The summed E-state index contributed by atoms with van der Waals surface area (Å²) in [5.74, 6) is -0.926. The molecule has 0 aliphatic rings. The van der Waals surface area contributed by atoms with Gasteiger partial charge in [0.15, 0.2) is 0 Å². The maximum absolute atomic E-state index is 12.7. The van der Waals surface area contributed by atoms with Crippen LogP contribution in [0.3, 0.4) is 0 Å². The van der Waals surface area contributed by atoms with Crippen molar-refractivity contribution >= 4 is 39.1 Å². The minimum Gasteiger partial charge on any atom is -0.350 e. The second kappa shape index (κ2) is 9.76. The van der Waals surface area contributed by atoms with Crippen LogP contribution in [0.25, 0.3) is 0 Å². The molecule has 0 saturated carbocycles. The Morgan fingerprint density at radius 3 is 2.38 bits per heavy atom. The number of rotatable bonds is 8. The minimum absolute atomic E-state index is 0.153. The summed E-state index contributed by atoms with van der Waals surface area (Å²) in [6.07, 6.45) is 1.07. The van der Waals surface area contributed by atoms with Gasteiger partial charge in [-0.25, -0.2) is 8.42 Å². The molecule has 0 aliphatic heterocycles. The van der Waals surface area contributed by atoms with Crippen LogP contribution in [-0.2, 0) is 21.4 Å². The highest BCUT2D eigenvalue weighted by Crippen LogP contribution is 2.16. The summed E-state index contributed by atoms with van der Waals surface area (Å²) < 4.78 is 25.1. The van der Waals surface area contributed by atoms with Gasteiger partial charge in [0.25, 0.3) is 5.91 Å². The predicted molar refractivity (Wildman–Crippen MR) is 114 cm³/mol. The highest BCUT2D eigenvalue weighted by atomic mass is 35.5. The first-order chi connectivity index (χ1) is 13.6. The largest absolute Gasteiger partial charge is 0.350 e. The van der Waals surface area contributed by atoms with Crippen molar-refractivity contribution in [2.45, 2.75) is 26.4 Å². The van der Waals surface area contributed by atoms with Crippen molar-refractivity contribution in [1.29, 1.82) is 0 Å². The third kappa shape index (κ3) is 7.07. The molecule has 7 nitrogen and oxygen atoms in total. The molecule has 2 aromatic rings. The molecule has 2 amide bonds. The molecular formula is C20H24ClN3O4S. The molecule has 0 heterocycles. The van der Waals surface area contributed by atoms with E-state index in [2.05, 4.69) is 15.4 Å². The SMILES string of the molecule is CC(C)C(NC(=O)c1ccccc1Cl)C(=O)NCc1cccc(NS(C)(=O)=O)c1. The number of nitrogens with one attached hydrogen (secondary N) is 3. The highest BCUT2D eigenvalue weighted by Gasteiger charge is 2.25. The minimum atomic E-state index is -3.39. The summed E-state index contributed by atoms with van der Waals surface area (Å²) in [6, 6.07) is 12.6. The standard InChI is InChI=1S/C20H24ClN3O4S/c1-13(2)18(23-19(25)16-9-4-5-10-17(16)21)20(26)22-12-14-7-6-8-15(11-14)24-29(3,27)28/h4-11,13,18,24H,12H2,1-3H3,(H,22,26)(H,23,25). The van der Waals surface area contributed by atoms with E-state index in [0.717, 1.165) is 6.26 Å². The number of carbonyl (C=O) groups excluding carboxylic acids is 2. The van der Waals surface area contributed by atoms with Crippen LogP contribution in [0.2, 0.25) is 5.02 Å². The molecule has 0 spiro atoms. The van der Waals surface area contributed by atoms with Gasteiger partial charge in [-0.05, 0) is 35.7 Å². The number of anilines is 1. The van der Waals surface area contributed by atoms with Crippen LogP contribution < -0.4 is 15.4 Å². The number of hydrogen-bond acceptors (Lipinski definition) is 4. The van der Waals surface area contributed by atoms with Crippen molar-refractivity contribution in [1.82, 2.24) is 10.6 Å². The van der Waals surface area contributed by atoms with Crippen molar-refractivity contribution in [3.8, 4) is 0 Å². The lowest BCUT2D eigenvalue weighted by atomic mass is 10.0. The fraction of sp³-hybridized carbons (Fsp3) is 0.300. The maximum Gasteiger partial charge on any atom is 0.253 e. The lowest BCUT2D eigenvalue weighted by molar-refractivity contribution is -0.124. The molecule has 9 heteroatoms. The molecule has 156 valence electrons. The quantitative estimate of drug-likeness (QED) is 0.590. The zero-order chi connectivity index (χ0) is 21.6. The van der Waals surface area contributed by atoms with Crippen LogP contribution >= 0.6 is 11.6 Å². The topological polar surface area (TPSA) is 104 Å². The van der Waals surface area contributed by atoms with Gasteiger partial charge in [-0.15, -0.1) is 0 Å². The molecule has 2 aromatic carbocycles. The van der Waals surface area contributed by atoms with E-state index in [1.165, 1.54) is 0 Å². The van der Waals surface area contributed by atoms with Gasteiger partial charge in [0.1, 0.15) is 6.04 Å². The molecule has 0 saturated heterocycles. The zero-order valence-corrected chi connectivity index (χ0v) is 18.0. The lowest BCUT2D eigenvalue weighted by Gasteiger charge is -2.22. The number of sulfonamides is 1. The number of halogens is 1. The van der Waals surface area contributed by atoms with Crippen molar-refractivity contribution in [3.05, 3.63) is 64.7 Å². The van der Waals surface area contributed by atoms with E-state index in [9.17, 15) is 18.0 Å². The Labute approximate surface area is 175 Å². The van der Waals surface area contributed by atoms with E-state index in [-0.39, 0.29) is 18.4 Å². The van der Waals surface area contributed by atoms with Gasteiger partial charge in [-0.1, -0.05) is 49.7 Å². The summed E-state index contributed by atoms with van der Waals surface area (Å²) >= 11 is 6.05. The van der Waals surface area contributed by atoms with Gasteiger partial charge in [0.05, 0.1) is 16.8 Å². The van der Waals surface area contributed by atoms with Crippen LogP contribution in [-0.4, -0.2) is 32.5 Å². The molecule has 3 N–H and O–H groups in total. The fourth-order valence-electron chi connectivity index (χ4n) is 2.66. The molecule has 0 radical (unpaired) electrons. The van der Waals surface area contributed by atoms with Crippen molar-refractivity contribution < 1.29 is 18.0 Å². The molecule has 0 aromatic heterocycles. The third-order valence-electron chi connectivity index (χ3n) is 4.05. The number of hydrogen-bond donors (Lipinski definition) is 3. The van der Waals surface area contributed by atoms with Crippen LogP contribution in [0.1, 0.15) is 29.8 Å². The monoisotopic (exact) mass is 437 g/mol. The van der Waals surface area contributed by atoms with E-state index >= 15 is 0 Å². The number of carbonyl (C=O) groups is 2. The third-order valence-corrected chi connectivity index (χ3v) is 4.99. The molecule has 0 fully saturated rings. The molecular weight excluding hydrogens is 414 g/mol. The van der Waals surface area contributed by atoms with Crippen molar-refractivity contribution in [3.63, 3.8) is 0 Å². The Bertz CT molecular complexity index is 993. The summed E-state index contributed by atoms with van der Waals surface area (Å²) in [7, 11) is -3.39. The number of benzene rings is 2. The molecule has 0 bridgehead atoms. The Hall–Kier alpha value is -2.58. The summed E-state index contributed by atoms with van der Waals surface area (Å²) in [4.78, 5) is 25.1. The van der Waals surface area contributed by atoms with Gasteiger partial charge < -0.3 is 10.6 Å². The molecule has 1 atom stereocenters. The van der Waals surface area contributed by atoms with Gasteiger partial charge in [-0.2, -0.15) is 0 Å². The summed E-state index contributed by atoms with van der Waals surface area (Å²) in [5, 5.41) is 5.81. The second-order valence-corrected chi connectivity index (χ2v) is 9.12. The fourth-order valence-corrected chi connectivity index (χ4v) is 3.43. The van der Waals surface area contributed by atoms with Gasteiger partial charge in [-0.3, -0.25) is 14.3 Å². The lowest BCUT2D eigenvalue weighted by Crippen LogP contribution is -2.49. The Kier molecular flexibility index (Phi) is 7.64. The first-order valence-corrected chi connectivity index (χ1v) is 11.2. The predicted octanol–water partition coefficient (Wildman–Crippen LogP) is 2.78. The summed E-state index contributed by atoms with van der Waals surface area (Å²) in [5.41, 5.74) is 1.42. The van der Waals surface area contributed by atoms with E-state index in [1.54, 1.807) is 48.5 Å². The van der Waals surface area contributed by atoms with Gasteiger partial charge in [0.2, 0.25) is 15.9 Å². The van der Waals surface area contributed by atoms with Crippen LogP contribution in [0.4, 0.5) is 5.69 Å². The maximum atomic E-state index is 12.7. The van der Waals surface area contributed by atoms with E-state index in [4.69, 9.17) is 11.6 Å². The van der Waals surface area contributed by atoms with Gasteiger partial charge >= 0.3 is 0 Å². The van der Waals surface area contributed by atoms with Crippen LogP contribution in [0.15, 0.2) is 48.5 Å². The second-order valence-electron chi connectivity index (χ2n) is 6.97. The molecule has 2 rings (SSSR count). The summed E-state index contributed by atoms with van der Waals surface area (Å²) in [6.45, 7) is 3.84. The number of amides is 2. The molecule has 29 heavy (non-hydrogen) atoms. The first-order valence-electron chi connectivity index (χ1n) is 8.96. The Morgan fingerprint density at radius 1 is 1.07 bits per heavy atom. The molecule has 1 unspecified atom stereocenters. The van der Waals surface area contributed by atoms with E-state index < -0.39 is 22.0 Å². The average Bonchev–Trinajstić information content (AvgIpc) is 2.63. The van der Waals surface area contributed by atoms with Crippen molar-refractivity contribution in [2.75, 3.05) is 11.0 Å². The van der Waals surface area contributed by atoms with E-state index in [0.29, 0.717) is 21.8 Å². The average molecular weight is 438 g/mol. The van der Waals surface area contributed by atoms with Crippen LogP contribution in [0.5, 0.6) is 0 Å². The van der Waals surface area contributed by atoms with E-state index in [1.807, 2.05) is 13.8 Å². The van der Waals surface area contributed by atoms with Crippen molar-refractivity contribution in [2.24, 2.45) is 5.92 Å². The normalized spacial score (nSPS) is 12.3.